The van der Waals surface area contributed by atoms with Crippen molar-refractivity contribution in [2.24, 2.45) is 5.92 Å². The van der Waals surface area contributed by atoms with Crippen LogP contribution in [0.4, 0.5) is 0 Å². The van der Waals surface area contributed by atoms with E-state index in [9.17, 15) is 9.59 Å². The molecule has 1 atom stereocenters. The number of hydrogen-bond acceptors (Lipinski definition) is 2. The van der Waals surface area contributed by atoms with Crippen LogP contribution in [0.25, 0.3) is 0 Å². The number of benzene rings is 1. The summed E-state index contributed by atoms with van der Waals surface area (Å²) in [5.74, 6) is 0.475. The topological polar surface area (TPSA) is 40.6 Å². The molecule has 136 valence electrons. The molecule has 2 aliphatic heterocycles. The van der Waals surface area contributed by atoms with Crippen LogP contribution >= 0.6 is 0 Å². The summed E-state index contributed by atoms with van der Waals surface area (Å²) in [6.45, 7) is 5.36. The standard InChI is InChI=1S/C21H30N2O2/c1-2-17-7-9-18(10-8-17)11-12-20(24)23-15-5-6-19(16-23)21(25)22-13-3-4-14-22/h7-10,19H,2-6,11-16H2,1H3. The van der Waals surface area contributed by atoms with Crippen LogP contribution in [0.15, 0.2) is 24.3 Å². The van der Waals surface area contributed by atoms with Crippen LogP contribution in [0.1, 0.15) is 50.2 Å². The van der Waals surface area contributed by atoms with E-state index in [4.69, 9.17) is 0 Å². The van der Waals surface area contributed by atoms with Crippen molar-refractivity contribution in [3.8, 4) is 0 Å². The molecule has 2 saturated heterocycles. The summed E-state index contributed by atoms with van der Waals surface area (Å²) in [6, 6.07) is 8.54. The molecule has 0 bridgehead atoms. The Kier molecular flexibility index (Phi) is 6.11. The van der Waals surface area contributed by atoms with Crippen molar-refractivity contribution in [1.29, 1.82) is 0 Å². The minimum absolute atomic E-state index is 0.0136. The summed E-state index contributed by atoms with van der Waals surface area (Å²) in [5, 5.41) is 0. The molecular weight excluding hydrogens is 312 g/mol. The van der Waals surface area contributed by atoms with E-state index in [1.165, 1.54) is 11.1 Å². The zero-order chi connectivity index (χ0) is 17.6. The highest BCUT2D eigenvalue weighted by Gasteiger charge is 2.31. The normalized spacial score (nSPS) is 20.8. The summed E-state index contributed by atoms with van der Waals surface area (Å²) in [4.78, 5) is 29.1. The van der Waals surface area contributed by atoms with Crippen molar-refractivity contribution in [2.45, 2.75) is 51.9 Å². The van der Waals surface area contributed by atoms with E-state index in [0.29, 0.717) is 13.0 Å². The van der Waals surface area contributed by atoms with Crippen molar-refractivity contribution in [3.05, 3.63) is 35.4 Å². The number of hydrogen-bond donors (Lipinski definition) is 0. The highest BCUT2D eigenvalue weighted by molar-refractivity contribution is 5.81. The number of rotatable bonds is 5. The quantitative estimate of drug-likeness (QED) is 0.825. The number of carbonyl (C=O) groups is 2. The molecule has 0 aliphatic carbocycles. The molecule has 0 radical (unpaired) electrons. The number of aryl methyl sites for hydroxylation is 2. The fourth-order valence-electron chi connectivity index (χ4n) is 3.95. The molecule has 1 aromatic carbocycles. The molecule has 2 heterocycles. The number of amides is 2. The first-order chi connectivity index (χ1) is 12.2. The fraction of sp³-hybridized carbons (Fsp3) is 0.619. The van der Waals surface area contributed by atoms with Gasteiger partial charge in [-0.3, -0.25) is 9.59 Å². The Hall–Kier alpha value is -1.84. The van der Waals surface area contributed by atoms with Gasteiger partial charge in [0.05, 0.1) is 5.92 Å². The highest BCUT2D eigenvalue weighted by atomic mass is 16.2. The molecule has 1 aromatic rings. The maximum Gasteiger partial charge on any atom is 0.227 e. The van der Waals surface area contributed by atoms with Gasteiger partial charge in [0.1, 0.15) is 0 Å². The number of likely N-dealkylation sites (tertiary alicyclic amines) is 2. The number of carbonyl (C=O) groups excluding carboxylic acids is 2. The van der Waals surface area contributed by atoms with E-state index in [0.717, 1.165) is 58.2 Å². The van der Waals surface area contributed by atoms with E-state index in [2.05, 4.69) is 31.2 Å². The molecule has 2 fully saturated rings. The third-order valence-corrected chi connectivity index (χ3v) is 5.60. The Morgan fingerprint density at radius 1 is 0.960 bits per heavy atom. The van der Waals surface area contributed by atoms with E-state index in [-0.39, 0.29) is 17.7 Å². The molecule has 1 unspecified atom stereocenters. The summed E-state index contributed by atoms with van der Waals surface area (Å²) in [6.07, 6.45) is 6.48. The Balaban J connectivity index is 1.50. The van der Waals surface area contributed by atoms with Crippen molar-refractivity contribution < 1.29 is 9.59 Å². The maximum absolute atomic E-state index is 12.6. The summed E-state index contributed by atoms with van der Waals surface area (Å²) in [5.41, 5.74) is 2.54. The van der Waals surface area contributed by atoms with Crippen LogP contribution in [-0.4, -0.2) is 47.8 Å². The van der Waals surface area contributed by atoms with Crippen LogP contribution < -0.4 is 0 Å². The second kappa shape index (κ2) is 8.50. The Labute approximate surface area is 151 Å². The van der Waals surface area contributed by atoms with Crippen molar-refractivity contribution in [1.82, 2.24) is 9.80 Å². The van der Waals surface area contributed by atoms with Gasteiger partial charge in [0.25, 0.3) is 0 Å². The average molecular weight is 342 g/mol. The summed E-state index contributed by atoms with van der Waals surface area (Å²) in [7, 11) is 0. The lowest BCUT2D eigenvalue weighted by atomic mass is 9.96. The number of nitrogens with zero attached hydrogens (tertiary/aromatic N) is 2. The zero-order valence-corrected chi connectivity index (χ0v) is 15.4. The van der Waals surface area contributed by atoms with Gasteiger partial charge >= 0.3 is 0 Å². The lowest BCUT2D eigenvalue weighted by Gasteiger charge is -2.34. The van der Waals surface area contributed by atoms with Gasteiger partial charge in [0, 0.05) is 32.6 Å². The van der Waals surface area contributed by atoms with Gasteiger partial charge < -0.3 is 9.80 Å². The predicted octanol–water partition coefficient (Wildman–Crippen LogP) is 3.04. The lowest BCUT2D eigenvalue weighted by Crippen LogP contribution is -2.46. The van der Waals surface area contributed by atoms with Crippen LogP contribution in [0.3, 0.4) is 0 Å². The smallest absolute Gasteiger partial charge is 0.227 e. The van der Waals surface area contributed by atoms with Crippen molar-refractivity contribution in [2.75, 3.05) is 26.2 Å². The first-order valence-electron chi connectivity index (χ1n) is 9.81. The van der Waals surface area contributed by atoms with E-state index < -0.39 is 0 Å². The minimum Gasteiger partial charge on any atom is -0.342 e. The molecule has 25 heavy (non-hydrogen) atoms. The van der Waals surface area contributed by atoms with Gasteiger partial charge in [-0.1, -0.05) is 31.2 Å². The molecule has 0 aromatic heterocycles. The Bertz CT molecular complexity index is 590. The van der Waals surface area contributed by atoms with Gasteiger partial charge in [-0.2, -0.15) is 0 Å². The molecule has 4 heteroatoms. The predicted molar refractivity (Wildman–Crippen MR) is 99.3 cm³/mol. The third-order valence-electron chi connectivity index (χ3n) is 5.60. The highest BCUT2D eigenvalue weighted by Crippen LogP contribution is 2.22. The molecule has 2 amide bonds. The van der Waals surface area contributed by atoms with Gasteiger partial charge in [-0.15, -0.1) is 0 Å². The van der Waals surface area contributed by atoms with Gasteiger partial charge in [-0.05, 0) is 49.7 Å². The Morgan fingerprint density at radius 3 is 2.28 bits per heavy atom. The SMILES string of the molecule is CCc1ccc(CCC(=O)N2CCCC(C(=O)N3CCCC3)C2)cc1. The molecule has 0 spiro atoms. The summed E-state index contributed by atoms with van der Waals surface area (Å²) >= 11 is 0. The monoisotopic (exact) mass is 342 g/mol. The van der Waals surface area contributed by atoms with Gasteiger partial charge in [0.2, 0.25) is 11.8 Å². The molecule has 0 N–H and O–H groups in total. The molecular formula is C21H30N2O2. The molecule has 0 saturated carbocycles. The van der Waals surface area contributed by atoms with Crippen molar-refractivity contribution >= 4 is 11.8 Å². The van der Waals surface area contributed by atoms with Crippen LogP contribution in [0.2, 0.25) is 0 Å². The van der Waals surface area contributed by atoms with Gasteiger partial charge in [0.15, 0.2) is 0 Å². The zero-order valence-electron chi connectivity index (χ0n) is 15.4. The van der Waals surface area contributed by atoms with Crippen LogP contribution in [-0.2, 0) is 22.4 Å². The first kappa shape index (κ1) is 18.0. The largest absolute Gasteiger partial charge is 0.342 e. The third kappa shape index (κ3) is 4.62. The average Bonchev–Trinajstić information content (AvgIpc) is 3.20. The number of piperidine rings is 1. The first-order valence-corrected chi connectivity index (χ1v) is 9.81. The van der Waals surface area contributed by atoms with Gasteiger partial charge in [-0.25, -0.2) is 0 Å². The lowest BCUT2D eigenvalue weighted by molar-refractivity contribution is -0.140. The maximum atomic E-state index is 12.6. The van der Waals surface area contributed by atoms with Crippen LogP contribution in [0.5, 0.6) is 0 Å². The fourth-order valence-corrected chi connectivity index (χ4v) is 3.95. The second-order valence-electron chi connectivity index (χ2n) is 7.38. The molecule has 4 nitrogen and oxygen atoms in total. The minimum atomic E-state index is 0.0136. The van der Waals surface area contributed by atoms with Crippen molar-refractivity contribution in [3.63, 3.8) is 0 Å². The molecule has 3 rings (SSSR count). The second-order valence-corrected chi connectivity index (χ2v) is 7.38. The van der Waals surface area contributed by atoms with E-state index >= 15 is 0 Å². The molecule has 2 aliphatic rings. The van der Waals surface area contributed by atoms with Crippen LogP contribution in [0, 0.1) is 5.92 Å². The summed E-state index contributed by atoms with van der Waals surface area (Å²) < 4.78 is 0. The van der Waals surface area contributed by atoms with E-state index in [1.54, 1.807) is 0 Å². The Morgan fingerprint density at radius 2 is 1.60 bits per heavy atom. The van der Waals surface area contributed by atoms with E-state index in [1.807, 2.05) is 9.80 Å².